The van der Waals surface area contributed by atoms with Crippen molar-refractivity contribution in [3.8, 4) is 11.5 Å². The Morgan fingerprint density at radius 2 is 1.74 bits per heavy atom. The lowest BCUT2D eigenvalue weighted by molar-refractivity contribution is 0.102. The molecule has 0 fully saturated rings. The van der Waals surface area contributed by atoms with Gasteiger partial charge in [0.2, 0.25) is 0 Å². The van der Waals surface area contributed by atoms with E-state index in [9.17, 15) is 15.0 Å². The Morgan fingerprint density at radius 3 is 2.37 bits per heavy atom. The molecular weight excluding hydrogens is 266 g/mol. The van der Waals surface area contributed by atoms with Crippen LogP contribution in [0.2, 0.25) is 0 Å². The minimum atomic E-state index is -0.427. The highest BCUT2D eigenvalue weighted by Gasteiger charge is 2.10. The van der Waals surface area contributed by atoms with Crippen molar-refractivity contribution in [2.24, 2.45) is 0 Å². The van der Waals surface area contributed by atoms with E-state index in [2.05, 4.69) is 5.32 Å². The van der Waals surface area contributed by atoms with Crippen LogP contribution in [0.4, 0.5) is 5.69 Å². The van der Waals surface area contributed by atoms with Gasteiger partial charge in [-0.15, -0.1) is 11.6 Å². The van der Waals surface area contributed by atoms with E-state index in [4.69, 9.17) is 11.6 Å². The van der Waals surface area contributed by atoms with Crippen molar-refractivity contribution in [3.05, 3.63) is 53.6 Å². The van der Waals surface area contributed by atoms with E-state index in [1.54, 1.807) is 12.1 Å². The molecule has 0 saturated heterocycles. The summed E-state index contributed by atoms with van der Waals surface area (Å²) in [5, 5.41) is 21.4. The van der Waals surface area contributed by atoms with E-state index in [0.717, 1.165) is 11.6 Å². The monoisotopic (exact) mass is 277 g/mol. The Morgan fingerprint density at radius 1 is 1.11 bits per heavy atom. The van der Waals surface area contributed by atoms with E-state index in [-0.39, 0.29) is 22.9 Å². The summed E-state index contributed by atoms with van der Waals surface area (Å²) in [5.74, 6) is -0.489. The fourth-order valence-corrected chi connectivity index (χ4v) is 1.91. The van der Waals surface area contributed by atoms with Gasteiger partial charge in [0.05, 0.1) is 0 Å². The third-order valence-corrected chi connectivity index (χ3v) is 2.86. The number of aromatic hydroxyl groups is 2. The molecule has 0 bridgehead atoms. The van der Waals surface area contributed by atoms with E-state index >= 15 is 0 Å². The van der Waals surface area contributed by atoms with Gasteiger partial charge in [-0.1, -0.05) is 18.2 Å². The third-order valence-electron chi connectivity index (χ3n) is 2.57. The quantitative estimate of drug-likeness (QED) is 0.755. The highest BCUT2D eigenvalue weighted by Crippen LogP contribution is 2.22. The Labute approximate surface area is 115 Å². The molecule has 0 spiro atoms. The summed E-state index contributed by atoms with van der Waals surface area (Å²) in [5.41, 5.74) is 1.56. The number of hydrogen-bond acceptors (Lipinski definition) is 3. The van der Waals surface area contributed by atoms with Gasteiger partial charge < -0.3 is 15.5 Å². The van der Waals surface area contributed by atoms with Crippen LogP contribution in [0, 0.1) is 0 Å². The number of carbonyl (C=O) groups is 1. The number of benzene rings is 2. The topological polar surface area (TPSA) is 69.6 Å². The van der Waals surface area contributed by atoms with Crippen LogP contribution in [0.1, 0.15) is 15.9 Å². The molecule has 5 heteroatoms. The standard InChI is InChI=1S/C14H12ClNO3/c15-8-9-3-1-2-4-13(9)16-14(19)10-5-11(17)7-12(18)6-10/h1-7,17-18H,8H2,(H,16,19). The Bertz CT molecular complexity index is 593. The van der Waals surface area contributed by atoms with Crippen LogP contribution in [0.3, 0.4) is 0 Å². The van der Waals surface area contributed by atoms with Crippen molar-refractivity contribution >= 4 is 23.2 Å². The predicted molar refractivity (Wildman–Crippen MR) is 73.7 cm³/mol. The fraction of sp³-hybridized carbons (Fsp3) is 0.0714. The van der Waals surface area contributed by atoms with E-state index < -0.39 is 5.91 Å². The lowest BCUT2D eigenvalue weighted by atomic mass is 10.1. The smallest absolute Gasteiger partial charge is 0.255 e. The van der Waals surface area contributed by atoms with Gasteiger partial charge in [0.15, 0.2) is 0 Å². The molecule has 2 aromatic rings. The third kappa shape index (κ3) is 3.17. The largest absolute Gasteiger partial charge is 0.508 e. The Kier molecular flexibility index (Phi) is 3.92. The molecule has 0 aliphatic carbocycles. The number of anilines is 1. The van der Waals surface area contributed by atoms with Crippen molar-refractivity contribution in [2.45, 2.75) is 5.88 Å². The molecule has 2 rings (SSSR count). The first kappa shape index (κ1) is 13.2. The minimum Gasteiger partial charge on any atom is -0.508 e. The van der Waals surface area contributed by atoms with Gasteiger partial charge in [-0.25, -0.2) is 0 Å². The van der Waals surface area contributed by atoms with Crippen LogP contribution >= 0.6 is 11.6 Å². The number of halogens is 1. The Balaban J connectivity index is 2.25. The molecule has 2 aromatic carbocycles. The summed E-state index contributed by atoms with van der Waals surface area (Å²) in [4.78, 5) is 12.0. The van der Waals surface area contributed by atoms with Crippen molar-refractivity contribution in [1.29, 1.82) is 0 Å². The van der Waals surface area contributed by atoms with Gasteiger partial charge in [0, 0.05) is 23.2 Å². The van der Waals surface area contributed by atoms with E-state index in [1.807, 2.05) is 12.1 Å². The molecule has 0 unspecified atom stereocenters. The number of phenols is 2. The fourth-order valence-electron chi connectivity index (χ4n) is 1.68. The first-order valence-corrected chi connectivity index (χ1v) is 6.12. The van der Waals surface area contributed by atoms with E-state index in [1.165, 1.54) is 12.1 Å². The highest BCUT2D eigenvalue weighted by molar-refractivity contribution is 6.17. The van der Waals surface area contributed by atoms with E-state index in [0.29, 0.717) is 5.69 Å². The van der Waals surface area contributed by atoms with Gasteiger partial charge in [-0.3, -0.25) is 4.79 Å². The molecule has 98 valence electrons. The Hall–Kier alpha value is -2.20. The maximum absolute atomic E-state index is 12.0. The summed E-state index contributed by atoms with van der Waals surface area (Å²) in [6, 6.07) is 10.9. The zero-order valence-electron chi connectivity index (χ0n) is 9.93. The average molecular weight is 278 g/mol. The summed E-state index contributed by atoms with van der Waals surface area (Å²) in [6.07, 6.45) is 0. The second-order valence-corrected chi connectivity index (χ2v) is 4.25. The molecule has 0 radical (unpaired) electrons. The molecular formula is C14H12ClNO3. The highest BCUT2D eigenvalue weighted by atomic mass is 35.5. The molecule has 4 nitrogen and oxygen atoms in total. The molecule has 0 aliphatic heterocycles. The maximum atomic E-state index is 12.0. The summed E-state index contributed by atoms with van der Waals surface area (Å²) in [6.45, 7) is 0. The number of hydrogen-bond donors (Lipinski definition) is 3. The number of rotatable bonds is 3. The number of amides is 1. The summed E-state index contributed by atoms with van der Waals surface area (Å²) in [7, 11) is 0. The van der Waals surface area contributed by atoms with Crippen LogP contribution in [0.15, 0.2) is 42.5 Å². The molecule has 0 heterocycles. The zero-order valence-corrected chi connectivity index (χ0v) is 10.7. The van der Waals surface area contributed by atoms with Crippen molar-refractivity contribution < 1.29 is 15.0 Å². The van der Waals surface area contributed by atoms with Crippen LogP contribution in [-0.4, -0.2) is 16.1 Å². The molecule has 1 amide bonds. The van der Waals surface area contributed by atoms with Crippen molar-refractivity contribution in [1.82, 2.24) is 0 Å². The average Bonchev–Trinajstić information content (AvgIpc) is 2.38. The summed E-state index contributed by atoms with van der Waals surface area (Å²) < 4.78 is 0. The molecule has 0 aliphatic rings. The minimum absolute atomic E-state index is 0.168. The first-order valence-electron chi connectivity index (χ1n) is 5.58. The van der Waals surface area contributed by atoms with Gasteiger partial charge in [0.1, 0.15) is 11.5 Å². The second kappa shape index (κ2) is 5.63. The number of nitrogens with one attached hydrogen (secondary N) is 1. The van der Waals surface area contributed by atoms with Crippen LogP contribution in [0.25, 0.3) is 0 Å². The van der Waals surface area contributed by atoms with Gasteiger partial charge in [-0.2, -0.15) is 0 Å². The van der Waals surface area contributed by atoms with Crippen LogP contribution < -0.4 is 5.32 Å². The summed E-state index contributed by atoms with van der Waals surface area (Å²) >= 11 is 5.78. The predicted octanol–water partition coefficient (Wildman–Crippen LogP) is 3.09. The van der Waals surface area contributed by atoms with Gasteiger partial charge in [0.25, 0.3) is 5.91 Å². The first-order chi connectivity index (χ1) is 9.10. The lowest BCUT2D eigenvalue weighted by Gasteiger charge is -2.09. The van der Waals surface area contributed by atoms with Gasteiger partial charge in [-0.05, 0) is 23.8 Å². The van der Waals surface area contributed by atoms with Crippen LogP contribution in [0.5, 0.6) is 11.5 Å². The van der Waals surface area contributed by atoms with Crippen molar-refractivity contribution in [3.63, 3.8) is 0 Å². The normalized spacial score (nSPS) is 10.2. The number of para-hydroxylation sites is 1. The maximum Gasteiger partial charge on any atom is 0.255 e. The molecule has 0 atom stereocenters. The molecule has 0 aromatic heterocycles. The number of alkyl halides is 1. The second-order valence-electron chi connectivity index (χ2n) is 3.98. The van der Waals surface area contributed by atoms with Crippen LogP contribution in [-0.2, 0) is 5.88 Å². The zero-order chi connectivity index (χ0) is 13.8. The SMILES string of the molecule is O=C(Nc1ccccc1CCl)c1cc(O)cc(O)c1. The van der Waals surface area contributed by atoms with Crippen molar-refractivity contribution in [2.75, 3.05) is 5.32 Å². The molecule has 3 N–H and O–H groups in total. The molecule has 0 saturated carbocycles. The number of phenolic OH excluding ortho intramolecular Hbond substituents is 2. The number of carbonyl (C=O) groups excluding carboxylic acids is 1. The lowest BCUT2D eigenvalue weighted by Crippen LogP contribution is -2.12. The molecule has 19 heavy (non-hydrogen) atoms. The van der Waals surface area contributed by atoms with Gasteiger partial charge >= 0.3 is 0 Å².